The molecule has 0 unspecified atom stereocenters. The van der Waals surface area contributed by atoms with Crippen LogP contribution in [0, 0.1) is 17.9 Å². The number of nitriles is 1. The van der Waals surface area contributed by atoms with E-state index in [2.05, 4.69) is 101 Å². The lowest BCUT2D eigenvalue weighted by atomic mass is 10.1. The van der Waals surface area contributed by atoms with Gasteiger partial charge in [-0.3, -0.25) is 0 Å². The highest BCUT2D eigenvalue weighted by Crippen LogP contribution is 2.38. The van der Waals surface area contributed by atoms with Crippen LogP contribution in [0.4, 0.5) is 17.1 Å². The Kier molecular flexibility index (Phi) is 6.61. The van der Waals surface area contributed by atoms with Gasteiger partial charge in [0.2, 0.25) is 0 Å². The molecule has 0 radical (unpaired) electrons. The molecular formula is C32H23N3O. The topological polar surface area (TPSA) is 40.6 Å². The zero-order valence-corrected chi connectivity index (χ0v) is 19.6. The van der Waals surface area contributed by atoms with Crippen molar-refractivity contribution in [2.24, 2.45) is 0 Å². The van der Waals surface area contributed by atoms with Gasteiger partial charge < -0.3 is 9.64 Å². The molecule has 36 heavy (non-hydrogen) atoms. The summed E-state index contributed by atoms with van der Waals surface area (Å²) in [6.45, 7) is 7.64. The van der Waals surface area contributed by atoms with Gasteiger partial charge in [0.1, 0.15) is 5.76 Å². The highest BCUT2D eigenvalue weighted by atomic mass is 16.5. The maximum Gasteiger partial charge on any atom is 0.265 e. The number of anilines is 3. The number of para-hydroxylation sites is 1. The first-order valence-electron chi connectivity index (χ1n) is 11.7. The van der Waals surface area contributed by atoms with E-state index in [-0.39, 0.29) is 5.70 Å². The van der Waals surface area contributed by atoms with Gasteiger partial charge in [0, 0.05) is 16.8 Å². The van der Waals surface area contributed by atoms with Gasteiger partial charge in [-0.15, -0.1) is 0 Å². The van der Waals surface area contributed by atoms with Crippen LogP contribution in [-0.2, 0) is 4.74 Å². The first-order chi connectivity index (χ1) is 17.8. The summed E-state index contributed by atoms with van der Waals surface area (Å²) in [6.07, 6.45) is 6.21. The first-order valence-corrected chi connectivity index (χ1v) is 11.7. The standard InChI is InChI=1S/C32H23N3O/c1-34-31(23-33)26-20-21-36-29(22-26)19-16-24-14-17-28(18-15-24)35(27-10-3-2-4-11-27)32-13-7-9-25-8-5-6-12-30(25)32/h2-19,22H,20-21H2. The molecule has 5 rings (SSSR count). The van der Waals surface area contributed by atoms with Crippen molar-refractivity contribution in [1.29, 1.82) is 5.26 Å². The van der Waals surface area contributed by atoms with E-state index in [4.69, 9.17) is 16.6 Å². The van der Waals surface area contributed by atoms with Crippen LogP contribution in [0.5, 0.6) is 0 Å². The Morgan fingerprint density at radius 3 is 2.36 bits per heavy atom. The zero-order valence-electron chi connectivity index (χ0n) is 19.6. The van der Waals surface area contributed by atoms with Crippen molar-refractivity contribution < 1.29 is 4.74 Å². The van der Waals surface area contributed by atoms with E-state index in [9.17, 15) is 0 Å². The van der Waals surface area contributed by atoms with Gasteiger partial charge in [-0.1, -0.05) is 72.8 Å². The van der Waals surface area contributed by atoms with E-state index >= 15 is 0 Å². The van der Waals surface area contributed by atoms with Gasteiger partial charge in [0.25, 0.3) is 5.70 Å². The molecule has 4 aromatic carbocycles. The van der Waals surface area contributed by atoms with Crippen LogP contribution in [0.3, 0.4) is 0 Å². The number of rotatable bonds is 5. The minimum atomic E-state index is 0.128. The van der Waals surface area contributed by atoms with Crippen LogP contribution < -0.4 is 4.90 Å². The van der Waals surface area contributed by atoms with Crippen molar-refractivity contribution >= 4 is 33.9 Å². The number of benzene rings is 4. The van der Waals surface area contributed by atoms with E-state index < -0.39 is 0 Å². The maximum atomic E-state index is 9.15. The quantitative estimate of drug-likeness (QED) is 0.220. The average Bonchev–Trinajstić information content (AvgIpc) is 2.94. The van der Waals surface area contributed by atoms with Crippen LogP contribution >= 0.6 is 0 Å². The molecule has 0 amide bonds. The molecule has 4 aromatic rings. The molecule has 0 spiro atoms. The van der Waals surface area contributed by atoms with Crippen molar-refractivity contribution in [3.05, 3.63) is 143 Å². The second kappa shape index (κ2) is 10.5. The highest BCUT2D eigenvalue weighted by molar-refractivity contribution is 5.98. The Morgan fingerprint density at radius 2 is 1.58 bits per heavy atom. The third kappa shape index (κ3) is 4.75. The molecule has 172 valence electrons. The second-order valence-electron chi connectivity index (χ2n) is 8.34. The lowest BCUT2D eigenvalue weighted by Crippen LogP contribution is -2.10. The molecule has 0 aromatic heterocycles. The number of allylic oxidation sites excluding steroid dienone is 3. The van der Waals surface area contributed by atoms with Gasteiger partial charge >= 0.3 is 0 Å². The van der Waals surface area contributed by atoms with Gasteiger partial charge in [-0.2, -0.15) is 0 Å². The Balaban J connectivity index is 1.48. The van der Waals surface area contributed by atoms with Gasteiger partial charge in [-0.05, 0) is 65.4 Å². The number of ether oxygens (including phenoxy) is 1. The number of hydrogen-bond acceptors (Lipinski definition) is 3. The largest absolute Gasteiger partial charge is 0.493 e. The first kappa shape index (κ1) is 22.7. The molecule has 0 fully saturated rings. The normalized spacial score (nSPS) is 14.4. The monoisotopic (exact) mass is 465 g/mol. The third-order valence-electron chi connectivity index (χ3n) is 6.09. The smallest absolute Gasteiger partial charge is 0.265 e. The molecule has 1 aliphatic rings. The Morgan fingerprint density at radius 1 is 0.861 bits per heavy atom. The van der Waals surface area contributed by atoms with Crippen molar-refractivity contribution in [2.45, 2.75) is 6.42 Å². The summed E-state index contributed by atoms with van der Waals surface area (Å²) in [5.74, 6) is 0.651. The number of fused-ring (bicyclic) bond motifs is 1. The summed E-state index contributed by atoms with van der Waals surface area (Å²) >= 11 is 0. The van der Waals surface area contributed by atoms with Crippen LogP contribution in [0.1, 0.15) is 12.0 Å². The summed E-state index contributed by atoms with van der Waals surface area (Å²) in [6, 6.07) is 35.5. The van der Waals surface area contributed by atoms with Crippen LogP contribution in [0.15, 0.2) is 126 Å². The fourth-order valence-electron chi connectivity index (χ4n) is 4.34. The minimum Gasteiger partial charge on any atom is -0.493 e. The van der Waals surface area contributed by atoms with Crippen molar-refractivity contribution in [3.8, 4) is 6.07 Å². The van der Waals surface area contributed by atoms with Crippen molar-refractivity contribution in [1.82, 2.24) is 0 Å². The van der Waals surface area contributed by atoms with Gasteiger partial charge in [-0.25, -0.2) is 10.1 Å². The second-order valence-corrected chi connectivity index (χ2v) is 8.34. The summed E-state index contributed by atoms with van der Waals surface area (Å²) < 4.78 is 5.71. The van der Waals surface area contributed by atoms with Crippen molar-refractivity contribution in [2.75, 3.05) is 11.5 Å². The lowest BCUT2D eigenvalue weighted by Gasteiger charge is -2.27. The summed E-state index contributed by atoms with van der Waals surface area (Å²) in [5, 5.41) is 11.5. The number of hydrogen-bond donors (Lipinski definition) is 0. The van der Waals surface area contributed by atoms with Crippen LogP contribution in [-0.4, -0.2) is 6.61 Å². The van der Waals surface area contributed by atoms with E-state index in [1.54, 1.807) is 6.08 Å². The van der Waals surface area contributed by atoms with E-state index in [1.807, 2.05) is 24.3 Å². The fraction of sp³-hybridized carbons (Fsp3) is 0.0625. The van der Waals surface area contributed by atoms with Gasteiger partial charge in [0.05, 0.1) is 24.9 Å². The predicted molar refractivity (Wildman–Crippen MR) is 146 cm³/mol. The molecule has 4 nitrogen and oxygen atoms in total. The predicted octanol–water partition coefficient (Wildman–Crippen LogP) is 8.32. The van der Waals surface area contributed by atoms with E-state index in [0.717, 1.165) is 28.2 Å². The average molecular weight is 466 g/mol. The molecule has 0 aliphatic carbocycles. The highest BCUT2D eigenvalue weighted by Gasteiger charge is 2.15. The Bertz CT molecular complexity index is 1540. The van der Waals surface area contributed by atoms with Crippen LogP contribution in [0.25, 0.3) is 21.7 Å². The maximum absolute atomic E-state index is 9.15. The molecule has 0 saturated heterocycles. The summed E-state index contributed by atoms with van der Waals surface area (Å²) in [7, 11) is 0. The lowest BCUT2D eigenvalue weighted by molar-refractivity contribution is 0.219. The molecule has 0 saturated carbocycles. The fourth-order valence-corrected chi connectivity index (χ4v) is 4.34. The third-order valence-corrected chi connectivity index (χ3v) is 6.09. The van der Waals surface area contributed by atoms with E-state index in [0.29, 0.717) is 18.8 Å². The molecule has 0 atom stereocenters. The summed E-state index contributed by atoms with van der Waals surface area (Å²) in [4.78, 5) is 5.59. The molecule has 4 heteroatoms. The SMILES string of the molecule is [C-]#[N+]C(C#N)=C1C=C(C=Cc2ccc(N(c3ccccc3)c3cccc4ccccc34)cc2)OCC1. The van der Waals surface area contributed by atoms with Crippen LogP contribution in [0.2, 0.25) is 0 Å². The van der Waals surface area contributed by atoms with Crippen molar-refractivity contribution in [3.63, 3.8) is 0 Å². The molecule has 1 aliphatic heterocycles. The summed E-state index contributed by atoms with van der Waals surface area (Å²) in [5.41, 5.74) is 5.14. The molecular weight excluding hydrogens is 442 g/mol. The molecule has 0 bridgehead atoms. The molecule has 1 heterocycles. The Labute approximate surface area is 211 Å². The van der Waals surface area contributed by atoms with Gasteiger partial charge in [0.15, 0.2) is 0 Å². The minimum absolute atomic E-state index is 0.128. The molecule has 0 N–H and O–H groups in total. The van der Waals surface area contributed by atoms with E-state index in [1.165, 1.54) is 10.8 Å². The Hall–Kier alpha value is -5.06. The zero-order chi connectivity index (χ0) is 24.7. The number of nitrogens with zero attached hydrogens (tertiary/aromatic N) is 3.